The smallest absolute Gasteiger partial charge is 0.192 e. The van der Waals surface area contributed by atoms with E-state index in [1.807, 2.05) is 0 Å². The number of carbonyl (C=O) groups excluding carboxylic acids is 1. The zero-order valence-electron chi connectivity index (χ0n) is 27.5. The van der Waals surface area contributed by atoms with E-state index in [0.717, 1.165) is 25.7 Å². The largest absolute Gasteiger partial charge is 0.413 e. The van der Waals surface area contributed by atoms with Crippen LogP contribution < -0.4 is 0 Å². The molecule has 3 aliphatic rings. The molecule has 3 rings (SSSR count). The number of unbranched alkanes of at least 4 members (excludes halogenated alkanes) is 1. The maximum Gasteiger partial charge on any atom is 0.192 e. The van der Waals surface area contributed by atoms with Gasteiger partial charge in [-0.25, -0.2) is 0 Å². The molecule has 0 bridgehead atoms. The molecule has 0 N–H and O–H groups in total. The number of carbonyl (C=O) groups is 1. The Bertz CT molecular complexity index is 847. The topological polar surface area (TPSA) is 44.8 Å². The van der Waals surface area contributed by atoms with Gasteiger partial charge in [-0.1, -0.05) is 86.3 Å². The summed E-state index contributed by atoms with van der Waals surface area (Å²) in [4.78, 5) is 13.2. The average molecular weight is 579 g/mol. The fourth-order valence-corrected chi connectivity index (χ4v) is 9.00. The molecule has 0 aromatic carbocycles. The lowest BCUT2D eigenvalue weighted by Gasteiger charge is -2.57. The van der Waals surface area contributed by atoms with Crippen LogP contribution in [0.15, 0.2) is 12.2 Å². The monoisotopic (exact) mass is 578 g/mol. The second-order valence-corrected chi connectivity index (χ2v) is 25.5. The van der Waals surface area contributed by atoms with Gasteiger partial charge >= 0.3 is 0 Å². The summed E-state index contributed by atoms with van der Waals surface area (Å²) < 4.78 is 20.8. The van der Waals surface area contributed by atoms with Crippen LogP contribution >= 0.6 is 0 Å². The summed E-state index contributed by atoms with van der Waals surface area (Å²) in [5, 5.41) is 0.328. The van der Waals surface area contributed by atoms with Gasteiger partial charge in [-0.2, -0.15) is 0 Å². The molecule has 0 unspecified atom stereocenters. The molecule has 4 nitrogen and oxygen atoms in total. The number of ether oxygens (including phenoxy) is 1. The van der Waals surface area contributed by atoms with E-state index in [2.05, 4.69) is 86.8 Å². The van der Waals surface area contributed by atoms with Gasteiger partial charge in [0.1, 0.15) is 5.60 Å². The Kier molecular flexibility index (Phi) is 10.7. The molecule has 0 aromatic rings. The van der Waals surface area contributed by atoms with Crippen LogP contribution in [-0.2, 0) is 18.4 Å². The second kappa shape index (κ2) is 12.5. The first-order chi connectivity index (χ1) is 18.0. The molecule has 3 aliphatic carbocycles. The highest BCUT2D eigenvalue weighted by atomic mass is 28.4. The van der Waals surface area contributed by atoms with Gasteiger partial charge in [0.15, 0.2) is 22.4 Å². The van der Waals surface area contributed by atoms with Crippen molar-refractivity contribution in [2.24, 2.45) is 17.8 Å². The van der Waals surface area contributed by atoms with Crippen molar-refractivity contribution < 1.29 is 18.4 Å². The third-order valence-corrected chi connectivity index (χ3v) is 20.1. The number of ketones is 1. The van der Waals surface area contributed by atoms with E-state index in [1.165, 1.54) is 32.1 Å². The lowest BCUT2D eigenvalue weighted by Crippen LogP contribution is -2.66. The maximum absolute atomic E-state index is 13.2. The number of hydrogen-bond donors (Lipinski definition) is 0. The van der Waals surface area contributed by atoms with Crippen molar-refractivity contribution >= 4 is 22.4 Å². The zero-order valence-corrected chi connectivity index (χ0v) is 29.5. The quantitative estimate of drug-likeness (QED) is 0.139. The Hall–Kier alpha value is -0.276. The minimum atomic E-state index is -1.97. The summed E-state index contributed by atoms with van der Waals surface area (Å²) in [5.74, 6) is 1.30. The highest BCUT2D eigenvalue weighted by Gasteiger charge is 2.62. The molecule has 0 aromatic heterocycles. The zero-order chi connectivity index (χ0) is 29.3. The number of Topliss-reactive ketones (excluding diaryl/α,β-unsaturated/α-hetero) is 1. The summed E-state index contributed by atoms with van der Waals surface area (Å²) in [5.41, 5.74) is -0.599. The van der Waals surface area contributed by atoms with Gasteiger partial charge in [-0.3, -0.25) is 4.79 Å². The third-order valence-electron chi connectivity index (χ3n) is 11.2. The molecular weight excluding hydrogens is 517 g/mol. The lowest BCUT2D eigenvalue weighted by atomic mass is 9.55. The van der Waals surface area contributed by atoms with Crippen molar-refractivity contribution in [2.75, 3.05) is 6.61 Å². The molecule has 0 spiro atoms. The SMILES string of the molecule is CCCCO[C@@]12CC[C@H](O[Si](C)(C)C(C)(C)C)[C@@H](/C=C/[C@H](O[Si](C)(C)C(C)(C)C)C3CCCCC3)[C@@H]1CC2=O. The standard InChI is InChI=1S/C33H62O4Si2/c1-12-13-23-35-33-22-21-29(37-39(10,11)32(5,6)7)26(27(33)24-30(33)34)19-20-28(25-17-15-14-16-18-25)36-38(8,9)31(2,3)4/h19-20,25-29H,12-18,21-24H2,1-11H3/b20-19+/t26-,27-,28-,29-,33-/m0/s1. The van der Waals surface area contributed by atoms with Gasteiger partial charge < -0.3 is 13.6 Å². The van der Waals surface area contributed by atoms with Crippen molar-refractivity contribution in [3.8, 4) is 0 Å². The molecule has 39 heavy (non-hydrogen) atoms. The van der Waals surface area contributed by atoms with Gasteiger partial charge in [0, 0.05) is 24.9 Å². The Morgan fingerprint density at radius 1 is 0.949 bits per heavy atom. The van der Waals surface area contributed by atoms with Crippen molar-refractivity contribution in [1.82, 2.24) is 0 Å². The predicted octanol–water partition coefficient (Wildman–Crippen LogP) is 9.46. The van der Waals surface area contributed by atoms with Crippen LogP contribution in [0.1, 0.15) is 113 Å². The molecule has 3 saturated carbocycles. The van der Waals surface area contributed by atoms with Gasteiger partial charge in [-0.15, -0.1) is 0 Å². The minimum Gasteiger partial charge on any atom is -0.413 e. The van der Waals surface area contributed by atoms with Gasteiger partial charge in [0.05, 0.1) is 12.2 Å². The highest BCUT2D eigenvalue weighted by molar-refractivity contribution is 6.74. The summed E-state index contributed by atoms with van der Waals surface area (Å²) in [6, 6.07) is 0. The molecular formula is C33H62O4Si2. The average Bonchev–Trinajstić information content (AvgIpc) is 2.82. The molecule has 226 valence electrons. The number of fused-ring (bicyclic) bond motifs is 1. The van der Waals surface area contributed by atoms with Crippen LogP contribution in [0.25, 0.3) is 0 Å². The van der Waals surface area contributed by atoms with Crippen LogP contribution in [0.4, 0.5) is 0 Å². The van der Waals surface area contributed by atoms with Crippen molar-refractivity contribution in [1.29, 1.82) is 0 Å². The number of hydrogen-bond acceptors (Lipinski definition) is 4. The van der Waals surface area contributed by atoms with Crippen LogP contribution in [-0.4, -0.2) is 46.8 Å². The van der Waals surface area contributed by atoms with E-state index in [9.17, 15) is 4.79 Å². The first-order valence-corrected chi connectivity index (χ1v) is 22.0. The van der Waals surface area contributed by atoms with E-state index in [4.69, 9.17) is 13.6 Å². The van der Waals surface area contributed by atoms with Crippen LogP contribution in [0.5, 0.6) is 0 Å². The third kappa shape index (κ3) is 7.39. The maximum atomic E-state index is 13.2. The fraction of sp³-hybridized carbons (Fsp3) is 0.909. The van der Waals surface area contributed by atoms with Gasteiger partial charge in [0.2, 0.25) is 0 Å². The van der Waals surface area contributed by atoms with Crippen LogP contribution in [0.2, 0.25) is 36.3 Å². The van der Waals surface area contributed by atoms with E-state index < -0.39 is 22.2 Å². The molecule has 0 saturated heterocycles. The molecule has 5 atom stereocenters. The van der Waals surface area contributed by atoms with E-state index >= 15 is 0 Å². The molecule has 3 fully saturated rings. The Balaban J connectivity index is 1.94. The van der Waals surface area contributed by atoms with E-state index in [1.54, 1.807) is 0 Å². The summed E-state index contributed by atoms with van der Waals surface area (Å²) >= 11 is 0. The Morgan fingerprint density at radius 3 is 2.10 bits per heavy atom. The first-order valence-electron chi connectivity index (χ1n) is 16.2. The van der Waals surface area contributed by atoms with Crippen LogP contribution in [0.3, 0.4) is 0 Å². The van der Waals surface area contributed by atoms with Crippen molar-refractivity contribution in [3.63, 3.8) is 0 Å². The number of rotatable bonds is 11. The van der Waals surface area contributed by atoms with Gasteiger partial charge in [-0.05, 0) is 74.3 Å². The van der Waals surface area contributed by atoms with Gasteiger partial charge in [0.25, 0.3) is 0 Å². The Morgan fingerprint density at radius 2 is 1.56 bits per heavy atom. The van der Waals surface area contributed by atoms with Crippen LogP contribution in [0, 0.1) is 17.8 Å². The molecule has 0 heterocycles. The van der Waals surface area contributed by atoms with Crippen molar-refractivity contribution in [2.45, 2.75) is 167 Å². The normalized spacial score (nSPS) is 30.3. The first kappa shape index (κ1) is 33.2. The van der Waals surface area contributed by atoms with E-state index in [0.29, 0.717) is 24.7 Å². The molecule has 0 amide bonds. The molecule has 6 heteroatoms. The summed E-state index contributed by atoms with van der Waals surface area (Å²) in [7, 11) is -3.91. The predicted molar refractivity (Wildman–Crippen MR) is 169 cm³/mol. The second-order valence-electron chi connectivity index (χ2n) is 16.0. The summed E-state index contributed by atoms with van der Waals surface area (Å²) in [6.07, 6.45) is 16.0. The minimum absolute atomic E-state index is 0.142. The lowest BCUT2D eigenvalue weighted by molar-refractivity contribution is -0.198. The van der Waals surface area contributed by atoms with Crippen molar-refractivity contribution in [3.05, 3.63) is 12.2 Å². The molecule has 0 radical (unpaired) electrons. The fourth-order valence-electron chi connectivity index (χ4n) is 6.31. The Labute approximate surface area is 243 Å². The molecule has 0 aliphatic heterocycles. The summed E-state index contributed by atoms with van der Waals surface area (Å²) in [6.45, 7) is 26.4. The van der Waals surface area contributed by atoms with E-state index in [-0.39, 0.29) is 34.1 Å². The highest BCUT2D eigenvalue weighted by Crippen LogP contribution is 2.54.